The Bertz CT molecular complexity index is 977. The lowest BCUT2D eigenvalue weighted by Gasteiger charge is -2.39. The predicted octanol–water partition coefficient (Wildman–Crippen LogP) is 9.34. The van der Waals surface area contributed by atoms with Crippen molar-refractivity contribution in [1.29, 1.82) is 0 Å². The number of nitrogens with two attached hydrogens (primary N) is 1. The summed E-state index contributed by atoms with van der Waals surface area (Å²) >= 11 is 6.31. The minimum atomic E-state index is 0.306. The topological polar surface area (TPSA) is 26.0 Å². The molecule has 0 heterocycles. The van der Waals surface area contributed by atoms with Crippen molar-refractivity contribution in [2.24, 2.45) is 23.5 Å². The first-order chi connectivity index (χ1) is 15.9. The molecule has 2 heteroatoms. The normalized spacial score (nSPS) is 19.8. The van der Waals surface area contributed by atoms with Crippen LogP contribution < -0.4 is 5.73 Å². The average Bonchev–Trinajstić information content (AvgIpc) is 3.36. The van der Waals surface area contributed by atoms with E-state index in [1.54, 1.807) is 0 Å². The van der Waals surface area contributed by atoms with Crippen molar-refractivity contribution in [3.63, 3.8) is 0 Å². The molecule has 1 unspecified atom stereocenters. The molecule has 0 saturated carbocycles. The fraction of sp³-hybridized carbons (Fsp3) is 0.562. The fourth-order valence-corrected chi connectivity index (χ4v) is 6.50. The average molecular weight is 482 g/mol. The van der Waals surface area contributed by atoms with Crippen molar-refractivity contribution < 1.29 is 0 Å². The van der Waals surface area contributed by atoms with Gasteiger partial charge in [0.25, 0.3) is 0 Å². The van der Waals surface area contributed by atoms with Crippen LogP contribution in [0.15, 0.2) is 43.0 Å². The Labute approximate surface area is 215 Å². The second-order valence-corrected chi connectivity index (χ2v) is 11.5. The number of hydrogen-bond donors (Lipinski definition) is 1. The van der Waals surface area contributed by atoms with E-state index in [9.17, 15) is 0 Å². The highest BCUT2D eigenvalue weighted by Crippen LogP contribution is 2.50. The third kappa shape index (κ3) is 5.11. The molecule has 0 aromatic heterocycles. The number of fused-ring (bicyclic) bond motifs is 2. The van der Waals surface area contributed by atoms with Gasteiger partial charge in [0.05, 0.1) is 0 Å². The molecule has 34 heavy (non-hydrogen) atoms. The highest BCUT2D eigenvalue weighted by atomic mass is 35.5. The van der Waals surface area contributed by atoms with Gasteiger partial charge in [-0.1, -0.05) is 105 Å². The van der Waals surface area contributed by atoms with Gasteiger partial charge in [-0.2, -0.15) is 0 Å². The number of hydrogen-bond acceptors (Lipinski definition) is 1. The number of benzene rings is 2. The zero-order chi connectivity index (χ0) is 25.8. The molecule has 0 saturated heterocycles. The third-order valence-electron chi connectivity index (χ3n) is 8.75. The predicted molar refractivity (Wildman–Crippen MR) is 153 cm³/mol. The van der Waals surface area contributed by atoms with Crippen LogP contribution in [0.2, 0.25) is 5.02 Å². The summed E-state index contributed by atoms with van der Waals surface area (Å²) in [5.74, 6) is 2.01. The van der Waals surface area contributed by atoms with Gasteiger partial charge in [0.1, 0.15) is 0 Å². The summed E-state index contributed by atoms with van der Waals surface area (Å²) < 4.78 is 0. The summed E-state index contributed by atoms with van der Waals surface area (Å²) in [6, 6.07) is 13.0. The quantitative estimate of drug-likeness (QED) is 0.462. The molecular formula is C32H48ClN. The zero-order valence-corrected chi connectivity index (χ0v) is 23.9. The molecule has 188 valence electrons. The van der Waals surface area contributed by atoms with E-state index in [1.807, 2.05) is 19.9 Å². The summed E-state index contributed by atoms with van der Waals surface area (Å²) in [6.07, 6.45) is 4.84. The molecule has 0 amide bonds. The van der Waals surface area contributed by atoms with E-state index < -0.39 is 0 Å². The van der Waals surface area contributed by atoms with Crippen LogP contribution in [0.25, 0.3) is 5.70 Å². The Morgan fingerprint density at radius 3 is 2.03 bits per heavy atom. The highest BCUT2D eigenvalue weighted by Gasteiger charge is 2.44. The van der Waals surface area contributed by atoms with Crippen molar-refractivity contribution in [2.75, 3.05) is 0 Å². The van der Waals surface area contributed by atoms with E-state index in [0.717, 1.165) is 17.0 Å². The Hall–Kier alpha value is -1.73. The molecule has 1 atom stereocenters. The fourth-order valence-electron chi connectivity index (χ4n) is 6.24. The summed E-state index contributed by atoms with van der Waals surface area (Å²) in [5.41, 5.74) is 14.0. The van der Waals surface area contributed by atoms with Gasteiger partial charge < -0.3 is 5.73 Å². The SMILES string of the molecule is C=C(N)c1ccc2c(c1)C(C)(C(C)C)CC2.CC.CC(C)C1(C(C)C)CCc2c(Cl)cccc21. The molecular weight excluding hydrogens is 434 g/mol. The molecule has 0 fully saturated rings. The van der Waals surface area contributed by atoms with Crippen molar-refractivity contribution in [1.82, 2.24) is 0 Å². The van der Waals surface area contributed by atoms with Gasteiger partial charge in [0, 0.05) is 16.1 Å². The summed E-state index contributed by atoms with van der Waals surface area (Å²) in [4.78, 5) is 0. The van der Waals surface area contributed by atoms with Crippen molar-refractivity contribution >= 4 is 17.3 Å². The Morgan fingerprint density at radius 2 is 1.50 bits per heavy atom. The summed E-state index contributed by atoms with van der Waals surface area (Å²) in [7, 11) is 0. The van der Waals surface area contributed by atoms with Gasteiger partial charge >= 0.3 is 0 Å². The van der Waals surface area contributed by atoms with E-state index >= 15 is 0 Å². The maximum absolute atomic E-state index is 6.31. The number of halogens is 1. The van der Waals surface area contributed by atoms with Crippen LogP contribution >= 0.6 is 11.6 Å². The number of rotatable bonds is 4. The second-order valence-electron chi connectivity index (χ2n) is 11.1. The van der Waals surface area contributed by atoms with Gasteiger partial charge in [-0.25, -0.2) is 0 Å². The molecule has 1 nitrogen and oxygen atoms in total. The van der Waals surface area contributed by atoms with Crippen molar-refractivity contribution in [3.05, 3.63) is 75.8 Å². The molecule has 0 spiro atoms. The van der Waals surface area contributed by atoms with Crippen molar-refractivity contribution in [2.45, 2.75) is 98.8 Å². The lowest BCUT2D eigenvalue weighted by Crippen LogP contribution is -2.35. The van der Waals surface area contributed by atoms with E-state index in [2.05, 4.69) is 85.4 Å². The van der Waals surface area contributed by atoms with Crippen LogP contribution in [0.1, 0.15) is 103 Å². The smallest absolute Gasteiger partial charge is 0.0440 e. The maximum atomic E-state index is 6.31. The Balaban J connectivity index is 0.000000224. The van der Waals surface area contributed by atoms with Crippen LogP contribution in [0, 0.1) is 17.8 Å². The first-order valence-electron chi connectivity index (χ1n) is 13.3. The van der Waals surface area contributed by atoms with Gasteiger partial charge in [-0.3, -0.25) is 0 Å². The Morgan fingerprint density at radius 1 is 0.882 bits per heavy atom. The first-order valence-corrected chi connectivity index (χ1v) is 13.7. The van der Waals surface area contributed by atoms with E-state index in [4.69, 9.17) is 17.3 Å². The first kappa shape index (κ1) is 28.5. The van der Waals surface area contributed by atoms with Crippen LogP contribution in [-0.4, -0.2) is 0 Å². The Kier molecular flexibility index (Phi) is 9.51. The largest absolute Gasteiger partial charge is 0.399 e. The molecule has 2 N–H and O–H groups in total. The highest BCUT2D eigenvalue weighted by molar-refractivity contribution is 6.31. The lowest BCUT2D eigenvalue weighted by atomic mass is 9.65. The molecule has 2 aliphatic rings. The summed E-state index contributed by atoms with van der Waals surface area (Å²) in [6.45, 7) is 24.2. The van der Waals surface area contributed by atoms with Crippen molar-refractivity contribution in [3.8, 4) is 0 Å². The molecule has 2 aromatic carbocycles. The zero-order valence-electron chi connectivity index (χ0n) is 23.2. The van der Waals surface area contributed by atoms with Crippen LogP contribution in [0.4, 0.5) is 0 Å². The van der Waals surface area contributed by atoms with Gasteiger partial charge in [0.15, 0.2) is 0 Å². The monoisotopic (exact) mass is 481 g/mol. The van der Waals surface area contributed by atoms with Crippen LogP contribution in [0.3, 0.4) is 0 Å². The molecule has 0 aliphatic heterocycles. The van der Waals surface area contributed by atoms with E-state index in [-0.39, 0.29) is 0 Å². The van der Waals surface area contributed by atoms with Gasteiger partial charge in [-0.05, 0) is 88.8 Å². The van der Waals surface area contributed by atoms with Crippen LogP contribution in [-0.2, 0) is 23.7 Å². The van der Waals surface area contributed by atoms with Crippen LogP contribution in [0.5, 0.6) is 0 Å². The molecule has 2 aromatic rings. The van der Waals surface area contributed by atoms with Gasteiger partial charge in [0.2, 0.25) is 0 Å². The number of aryl methyl sites for hydroxylation is 1. The third-order valence-corrected chi connectivity index (χ3v) is 9.11. The van der Waals surface area contributed by atoms with E-state index in [0.29, 0.717) is 34.3 Å². The standard InChI is InChI=1S/C15H21Cl.C15H21N.C2H6/c1-10(2)15(11(3)4)9-8-12-13(15)6-5-7-14(12)16;1-10(2)15(4)8-7-12-5-6-13(11(3)16)9-14(12)15;1-2/h5-7,10-11H,8-9H2,1-4H3;5-6,9-10H,3,7-8,16H2,1-2,4H3;1-2H3. The van der Waals surface area contributed by atoms with Gasteiger partial charge in [-0.15, -0.1) is 0 Å². The minimum Gasteiger partial charge on any atom is -0.399 e. The lowest BCUT2D eigenvalue weighted by molar-refractivity contribution is 0.218. The van der Waals surface area contributed by atoms with E-state index in [1.165, 1.54) is 41.5 Å². The second kappa shape index (κ2) is 11.3. The summed E-state index contributed by atoms with van der Waals surface area (Å²) in [5, 5.41) is 0.959. The molecule has 4 rings (SSSR count). The molecule has 0 bridgehead atoms. The maximum Gasteiger partial charge on any atom is 0.0440 e. The molecule has 0 radical (unpaired) electrons. The molecule has 2 aliphatic carbocycles. The minimum absolute atomic E-state index is 0.306.